The third-order valence-electron chi connectivity index (χ3n) is 3.77. The monoisotopic (exact) mass is 300 g/mol. The summed E-state index contributed by atoms with van der Waals surface area (Å²) < 4.78 is 0. The second-order valence-corrected chi connectivity index (χ2v) is 5.86. The van der Waals surface area contributed by atoms with Gasteiger partial charge in [-0.15, -0.1) is 0 Å². The van der Waals surface area contributed by atoms with Gasteiger partial charge in [0.25, 0.3) is 0 Å². The normalized spacial score (nSPS) is 12.1. The molecule has 0 heterocycles. The van der Waals surface area contributed by atoms with Crippen molar-refractivity contribution in [3.63, 3.8) is 0 Å². The Morgan fingerprint density at radius 2 is 1.90 bits per heavy atom. The molecule has 0 radical (unpaired) electrons. The SMILES string of the molecule is CC(CC(N)=S)N(C)C(=O)Cc1cccc2ccccc12. The van der Waals surface area contributed by atoms with Gasteiger partial charge in [-0.25, -0.2) is 0 Å². The highest BCUT2D eigenvalue weighted by Gasteiger charge is 2.17. The van der Waals surface area contributed by atoms with Crippen molar-refractivity contribution in [1.82, 2.24) is 4.90 Å². The number of benzene rings is 2. The fourth-order valence-corrected chi connectivity index (χ4v) is 2.65. The molecule has 1 amide bonds. The Labute approximate surface area is 130 Å². The molecule has 0 aliphatic carbocycles. The van der Waals surface area contributed by atoms with Crippen LogP contribution in [0.15, 0.2) is 42.5 Å². The maximum atomic E-state index is 12.4. The van der Waals surface area contributed by atoms with E-state index in [1.165, 1.54) is 0 Å². The number of likely N-dealkylation sites (N-methyl/N-ethyl adjacent to an activating group) is 1. The molecule has 0 aliphatic rings. The summed E-state index contributed by atoms with van der Waals surface area (Å²) in [4.78, 5) is 14.6. The van der Waals surface area contributed by atoms with Crippen LogP contribution in [-0.2, 0) is 11.2 Å². The van der Waals surface area contributed by atoms with E-state index in [0.29, 0.717) is 17.8 Å². The zero-order valence-corrected chi connectivity index (χ0v) is 13.2. The Hall–Kier alpha value is -1.94. The Balaban J connectivity index is 2.16. The maximum absolute atomic E-state index is 12.4. The van der Waals surface area contributed by atoms with Crippen molar-refractivity contribution in [1.29, 1.82) is 0 Å². The summed E-state index contributed by atoms with van der Waals surface area (Å²) in [5.74, 6) is 0.0788. The van der Waals surface area contributed by atoms with E-state index in [2.05, 4.69) is 18.2 Å². The zero-order valence-electron chi connectivity index (χ0n) is 12.4. The van der Waals surface area contributed by atoms with Crippen molar-refractivity contribution in [2.75, 3.05) is 7.05 Å². The number of fused-ring (bicyclic) bond motifs is 1. The molecule has 0 saturated heterocycles. The number of rotatable bonds is 5. The first kappa shape index (κ1) is 15.4. The summed E-state index contributed by atoms with van der Waals surface area (Å²) in [5.41, 5.74) is 6.60. The van der Waals surface area contributed by atoms with Crippen LogP contribution in [0, 0.1) is 0 Å². The van der Waals surface area contributed by atoms with Crippen LogP contribution in [0.3, 0.4) is 0 Å². The fraction of sp³-hybridized carbons (Fsp3) is 0.294. The van der Waals surface area contributed by atoms with E-state index in [9.17, 15) is 4.79 Å². The summed E-state index contributed by atoms with van der Waals surface area (Å²) in [6.45, 7) is 1.96. The Morgan fingerprint density at radius 1 is 1.24 bits per heavy atom. The van der Waals surface area contributed by atoms with Crippen LogP contribution in [0.25, 0.3) is 10.8 Å². The smallest absolute Gasteiger partial charge is 0.227 e. The molecule has 3 nitrogen and oxygen atoms in total. The lowest BCUT2D eigenvalue weighted by atomic mass is 10.0. The number of thiocarbonyl (C=S) groups is 1. The third kappa shape index (κ3) is 3.79. The molecule has 0 spiro atoms. The van der Waals surface area contributed by atoms with E-state index in [0.717, 1.165) is 16.3 Å². The first-order valence-electron chi connectivity index (χ1n) is 6.99. The van der Waals surface area contributed by atoms with Crippen molar-refractivity contribution in [2.45, 2.75) is 25.8 Å². The molecule has 0 aromatic heterocycles. The number of nitrogens with two attached hydrogens (primary N) is 1. The van der Waals surface area contributed by atoms with E-state index < -0.39 is 0 Å². The second kappa shape index (κ2) is 6.68. The van der Waals surface area contributed by atoms with Gasteiger partial charge in [0.15, 0.2) is 0 Å². The van der Waals surface area contributed by atoms with Crippen LogP contribution in [-0.4, -0.2) is 28.9 Å². The number of nitrogens with zero attached hydrogens (tertiary/aromatic N) is 1. The molecule has 2 rings (SSSR count). The van der Waals surface area contributed by atoms with Crippen molar-refractivity contribution < 1.29 is 4.79 Å². The summed E-state index contributed by atoms with van der Waals surface area (Å²) in [6, 6.07) is 14.2. The van der Waals surface area contributed by atoms with Crippen LogP contribution in [0.5, 0.6) is 0 Å². The number of hydrogen-bond donors (Lipinski definition) is 1. The van der Waals surface area contributed by atoms with Gasteiger partial charge in [0, 0.05) is 19.5 Å². The molecule has 0 aliphatic heterocycles. The van der Waals surface area contributed by atoms with E-state index >= 15 is 0 Å². The lowest BCUT2D eigenvalue weighted by molar-refractivity contribution is -0.130. The number of amides is 1. The Kier molecular flexibility index (Phi) is 4.91. The van der Waals surface area contributed by atoms with Crippen LogP contribution < -0.4 is 5.73 Å². The third-order valence-corrected chi connectivity index (χ3v) is 3.94. The van der Waals surface area contributed by atoms with Gasteiger partial charge in [-0.05, 0) is 23.3 Å². The van der Waals surface area contributed by atoms with Crippen molar-refractivity contribution in [3.05, 3.63) is 48.0 Å². The molecular weight excluding hydrogens is 280 g/mol. The van der Waals surface area contributed by atoms with E-state index in [1.807, 2.05) is 31.2 Å². The highest BCUT2D eigenvalue weighted by molar-refractivity contribution is 7.80. The lowest BCUT2D eigenvalue weighted by Crippen LogP contribution is -2.38. The average Bonchev–Trinajstić information content (AvgIpc) is 2.46. The number of hydrogen-bond acceptors (Lipinski definition) is 2. The van der Waals surface area contributed by atoms with Gasteiger partial charge in [-0.2, -0.15) is 0 Å². The van der Waals surface area contributed by atoms with Crippen LogP contribution in [0.2, 0.25) is 0 Å². The summed E-state index contributed by atoms with van der Waals surface area (Å²) in [6.07, 6.45) is 0.937. The van der Waals surface area contributed by atoms with Gasteiger partial charge < -0.3 is 10.6 Å². The molecule has 2 aromatic rings. The largest absolute Gasteiger partial charge is 0.393 e. The Morgan fingerprint density at radius 3 is 2.62 bits per heavy atom. The van der Waals surface area contributed by atoms with E-state index in [-0.39, 0.29) is 11.9 Å². The maximum Gasteiger partial charge on any atom is 0.227 e. The first-order chi connectivity index (χ1) is 9.99. The van der Waals surface area contributed by atoms with Crippen LogP contribution >= 0.6 is 12.2 Å². The van der Waals surface area contributed by atoms with E-state index in [4.69, 9.17) is 18.0 Å². The molecule has 0 fully saturated rings. The highest BCUT2D eigenvalue weighted by atomic mass is 32.1. The zero-order chi connectivity index (χ0) is 15.4. The molecular formula is C17H20N2OS. The first-order valence-corrected chi connectivity index (χ1v) is 7.40. The topological polar surface area (TPSA) is 46.3 Å². The minimum absolute atomic E-state index is 0.0185. The predicted octanol–water partition coefficient (Wildman–Crippen LogP) is 2.91. The van der Waals surface area contributed by atoms with Gasteiger partial charge in [0.05, 0.1) is 11.4 Å². The van der Waals surface area contributed by atoms with Gasteiger partial charge >= 0.3 is 0 Å². The summed E-state index contributed by atoms with van der Waals surface area (Å²) in [5, 5.41) is 2.28. The molecule has 1 atom stereocenters. The standard InChI is InChI=1S/C17H20N2OS/c1-12(10-16(18)21)19(2)17(20)11-14-8-5-7-13-6-3-4-9-15(13)14/h3-9,12H,10-11H2,1-2H3,(H2,18,21). The molecule has 110 valence electrons. The van der Waals surface area contributed by atoms with Crippen molar-refractivity contribution >= 4 is 33.9 Å². The minimum Gasteiger partial charge on any atom is -0.393 e. The second-order valence-electron chi connectivity index (χ2n) is 5.34. The Bertz CT molecular complexity index is 663. The van der Waals surface area contributed by atoms with Gasteiger partial charge in [0.1, 0.15) is 0 Å². The molecule has 2 N–H and O–H groups in total. The quantitative estimate of drug-likeness (QED) is 0.864. The molecule has 4 heteroatoms. The van der Waals surface area contributed by atoms with Gasteiger partial charge in [0.2, 0.25) is 5.91 Å². The van der Waals surface area contributed by atoms with Crippen molar-refractivity contribution in [3.8, 4) is 0 Å². The molecule has 21 heavy (non-hydrogen) atoms. The number of carbonyl (C=O) groups is 1. The van der Waals surface area contributed by atoms with Gasteiger partial charge in [-0.1, -0.05) is 54.7 Å². The number of carbonyl (C=O) groups excluding carboxylic acids is 1. The van der Waals surface area contributed by atoms with Gasteiger partial charge in [-0.3, -0.25) is 4.79 Å². The molecule has 2 aromatic carbocycles. The predicted molar refractivity (Wildman–Crippen MR) is 91.3 cm³/mol. The van der Waals surface area contributed by atoms with Crippen LogP contribution in [0.4, 0.5) is 0 Å². The van der Waals surface area contributed by atoms with Crippen LogP contribution in [0.1, 0.15) is 18.9 Å². The summed E-state index contributed by atoms with van der Waals surface area (Å²) >= 11 is 4.91. The van der Waals surface area contributed by atoms with E-state index in [1.54, 1.807) is 11.9 Å². The highest BCUT2D eigenvalue weighted by Crippen LogP contribution is 2.19. The fourth-order valence-electron chi connectivity index (χ4n) is 2.41. The molecule has 0 bridgehead atoms. The van der Waals surface area contributed by atoms with Crippen molar-refractivity contribution in [2.24, 2.45) is 5.73 Å². The minimum atomic E-state index is 0.0185. The lowest BCUT2D eigenvalue weighted by Gasteiger charge is -2.25. The molecule has 0 saturated carbocycles. The average molecular weight is 300 g/mol. The summed E-state index contributed by atoms with van der Waals surface area (Å²) in [7, 11) is 1.80. The molecule has 1 unspecified atom stereocenters.